The molecular weight excluding hydrogens is 356 g/mol. The zero-order chi connectivity index (χ0) is 21.9. The molecule has 156 valence electrons. The molecule has 0 aromatic heterocycles. The molecule has 3 rings (SSSR count). The van der Waals surface area contributed by atoms with Gasteiger partial charge in [-0.25, -0.2) is 0 Å². The van der Waals surface area contributed by atoms with Crippen molar-refractivity contribution in [3.63, 3.8) is 0 Å². The average molecular weight is 394 g/mol. The summed E-state index contributed by atoms with van der Waals surface area (Å²) in [4.78, 5) is 0. The molecule has 29 heavy (non-hydrogen) atoms. The molecule has 3 heteroatoms. The molecule has 0 heterocycles. The first-order valence-corrected chi connectivity index (χ1v) is 9.91. The first-order valence-electron chi connectivity index (χ1n) is 9.91. The van der Waals surface area contributed by atoms with Gasteiger partial charge in [-0.3, -0.25) is 4.48 Å². The van der Waals surface area contributed by atoms with Crippen molar-refractivity contribution in [2.75, 3.05) is 40.6 Å². The number of para-hydroxylation sites is 3. The molecule has 3 aromatic carbocycles. The number of rotatable bonds is 3. The molecule has 0 aliphatic rings. The summed E-state index contributed by atoms with van der Waals surface area (Å²) in [6.07, 6.45) is 0. The second-order valence-corrected chi connectivity index (χ2v) is 7.83. The number of methoxy groups -OCH3 is 1. The Bertz CT molecular complexity index is 821. The van der Waals surface area contributed by atoms with Gasteiger partial charge in [-0.05, 0) is 50.1 Å². The van der Waals surface area contributed by atoms with E-state index in [0.29, 0.717) is 0 Å². The van der Waals surface area contributed by atoms with Gasteiger partial charge in [0.1, 0.15) is 11.4 Å². The molecule has 0 saturated carbocycles. The van der Waals surface area contributed by atoms with E-state index in [2.05, 4.69) is 76.7 Å². The number of hydrogen-bond acceptors (Lipinski definition) is 2. The molecule has 0 saturated heterocycles. The van der Waals surface area contributed by atoms with Gasteiger partial charge in [0, 0.05) is 18.3 Å². The number of quaternary nitrogens is 1. The Labute approximate surface area is 177 Å². The van der Waals surface area contributed by atoms with Gasteiger partial charge >= 0.3 is 0 Å². The van der Waals surface area contributed by atoms with Gasteiger partial charge in [0.25, 0.3) is 0 Å². The standard InChI is InChI=1S/C10H16N.C8H11N.C8H10O/c1-9-7-5-6-8-10(9)11(2,3)4;2*1-7-5-3-4-6-8(7)9-2/h5-8H,1-4H3;3-6,9H,1-2H3;3-6H,1-2H3/q+1;;. The molecule has 1 N–H and O–H groups in total. The van der Waals surface area contributed by atoms with Crippen LogP contribution in [-0.2, 0) is 0 Å². The Kier molecular flexibility index (Phi) is 9.98. The summed E-state index contributed by atoms with van der Waals surface area (Å²) in [7, 11) is 10.2. The van der Waals surface area contributed by atoms with Crippen LogP contribution in [0.1, 0.15) is 16.7 Å². The Morgan fingerprint density at radius 1 is 0.655 bits per heavy atom. The largest absolute Gasteiger partial charge is 0.496 e. The van der Waals surface area contributed by atoms with Crippen molar-refractivity contribution >= 4 is 11.4 Å². The van der Waals surface area contributed by atoms with Gasteiger partial charge in [0.2, 0.25) is 0 Å². The van der Waals surface area contributed by atoms with Crippen LogP contribution in [0, 0.1) is 20.8 Å². The molecule has 3 nitrogen and oxygen atoms in total. The molecule has 3 aromatic rings. The number of hydrogen-bond donors (Lipinski definition) is 1. The fourth-order valence-electron chi connectivity index (χ4n) is 2.95. The lowest BCUT2D eigenvalue weighted by Crippen LogP contribution is -2.35. The van der Waals surface area contributed by atoms with Crippen LogP contribution < -0.4 is 14.5 Å². The SMILES string of the molecule is CNc1ccccc1C.COc1ccccc1C.Cc1ccccc1[N+](C)(C)C. The van der Waals surface area contributed by atoms with Crippen molar-refractivity contribution in [3.05, 3.63) is 89.5 Å². The minimum Gasteiger partial charge on any atom is -0.496 e. The topological polar surface area (TPSA) is 21.3 Å². The van der Waals surface area contributed by atoms with Gasteiger partial charge in [0.05, 0.1) is 28.3 Å². The van der Waals surface area contributed by atoms with E-state index in [9.17, 15) is 0 Å². The van der Waals surface area contributed by atoms with Gasteiger partial charge in [-0.1, -0.05) is 54.6 Å². The van der Waals surface area contributed by atoms with Crippen molar-refractivity contribution in [2.45, 2.75) is 20.8 Å². The van der Waals surface area contributed by atoms with Crippen molar-refractivity contribution < 1.29 is 4.74 Å². The van der Waals surface area contributed by atoms with Crippen LogP contribution in [0.25, 0.3) is 0 Å². The Balaban J connectivity index is 0.000000219. The van der Waals surface area contributed by atoms with Crippen molar-refractivity contribution in [3.8, 4) is 5.75 Å². The van der Waals surface area contributed by atoms with E-state index in [0.717, 1.165) is 10.2 Å². The molecule has 0 amide bonds. The van der Waals surface area contributed by atoms with Crippen LogP contribution >= 0.6 is 0 Å². The molecular formula is C26H37N2O+. The van der Waals surface area contributed by atoms with E-state index in [-0.39, 0.29) is 0 Å². The van der Waals surface area contributed by atoms with E-state index in [1.54, 1.807) is 7.11 Å². The van der Waals surface area contributed by atoms with E-state index in [1.165, 1.54) is 28.1 Å². The van der Waals surface area contributed by atoms with Crippen molar-refractivity contribution in [1.82, 2.24) is 4.48 Å². The minimum atomic E-state index is 0.896. The summed E-state index contributed by atoms with van der Waals surface area (Å²) in [5.41, 5.74) is 6.42. The van der Waals surface area contributed by atoms with E-state index in [1.807, 2.05) is 50.4 Å². The molecule has 0 atom stereocenters. The Hall–Kier alpha value is -2.78. The predicted octanol–water partition coefficient (Wildman–Crippen LogP) is 6.23. The molecule has 0 aliphatic carbocycles. The lowest BCUT2D eigenvalue weighted by atomic mass is 10.2. The first kappa shape index (κ1) is 24.3. The smallest absolute Gasteiger partial charge is 0.135 e. The van der Waals surface area contributed by atoms with E-state index in [4.69, 9.17) is 4.74 Å². The fraction of sp³-hybridized carbons (Fsp3) is 0.308. The zero-order valence-corrected chi connectivity index (χ0v) is 19.3. The summed E-state index contributed by atoms with van der Waals surface area (Å²) in [6, 6.07) is 24.7. The molecule has 0 bridgehead atoms. The third kappa shape index (κ3) is 8.41. The maximum absolute atomic E-state index is 5.04. The second-order valence-electron chi connectivity index (χ2n) is 7.83. The highest BCUT2D eigenvalue weighted by molar-refractivity contribution is 5.49. The number of nitrogens with one attached hydrogen (secondary N) is 1. The summed E-state index contributed by atoms with van der Waals surface area (Å²) in [5, 5.41) is 3.10. The molecule has 0 unspecified atom stereocenters. The van der Waals surface area contributed by atoms with Crippen LogP contribution in [0.5, 0.6) is 5.75 Å². The number of nitrogens with zero attached hydrogens (tertiary/aromatic N) is 1. The number of benzene rings is 3. The van der Waals surface area contributed by atoms with Gasteiger partial charge in [0.15, 0.2) is 0 Å². The Morgan fingerprint density at radius 3 is 1.48 bits per heavy atom. The highest BCUT2D eigenvalue weighted by Gasteiger charge is 2.13. The van der Waals surface area contributed by atoms with E-state index < -0.39 is 0 Å². The number of aryl methyl sites for hydroxylation is 3. The summed E-state index contributed by atoms with van der Waals surface area (Å²) in [5.74, 6) is 0.956. The molecule has 0 fully saturated rings. The van der Waals surface area contributed by atoms with E-state index >= 15 is 0 Å². The first-order chi connectivity index (χ1) is 13.7. The lowest BCUT2D eigenvalue weighted by Gasteiger charge is -2.24. The van der Waals surface area contributed by atoms with Crippen LogP contribution in [0.3, 0.4) is 0 Å². The maximum Gasteiger partial charge on any atom is 0.135 e. The van der Waals surface area contributed by atoms with Gasteiger partial charge in [-0.2, -0.15) is 0 Å². The normalized spacial score (nSPS) is 10.1. The van der Waals surface area contributed by atoms with Crippen LogP contribution in [0.4, 0.5) is 11.4 Å². The van der Waals surface area contributed by atoms with Crippen molar-refractivity contribution in [1.29, 1.82) is 0 Å². The monoisotopic (exact) mass is 393 g/mol. The molecule has 0 spiro atoms. The fourth-order valence-corrected chi connectivity index (χ4v) is 2.95. The maximum atomic E-state index is 5.04. The molecule has 0 radical (unpaired) electrons. The van der Waals surface area contributed by atoms with Gasteiger partial charge in [-0.15, -0.1) is 0 Å². The number of ether oxygens (including phenoxy) is 1. The highest BCUT2D eigenvalue weighted by Crippen LogP contribution is 2.20. The summed E-state index contributed by atoms with van der Waals surface area (Å²) < 4.78 is 5.94. The third-order valence-corrected chi connectivity index (χ3v) is 4.57. The molecule has 0 aliphatic heterocycles. The highest BCUT2D eigenvalue weighted by atomic mass is 16.5. The van der Waals surface area contributed by atoms with Gasteiger partial charge < -0.3 is 10.1 Å². The average Bonchev–Trinajstić information content (AvgIpc) is 2.69. The second kappa shape index (κ2) is 11.9. The summed E-state index contributed by atoms with van der Waals surface area (Å²) in [6.45, 7) is 6.27. The third-order valence-electron chi connectivity index (χ3n) is 4.57. The van der Waals surface area contributed by atoms with Crippen LogP contribution in [0.2, 0.25) is 0 Å². The van der Waals surface area contributed by atoms with Crippen LogP contribution in [0.15, 0.2) is 72.8 Å². The predicted molar refractivity (Wildman–Crippen MR) is 129 cm³/mol. The minimum absolute atomic E-state index is 0.896. The summed E-state index contributed by atoms with van der Waals surface area (Å²) >= 11 is 0. The van der Waals surface area contributed by atoms with Crippen LogP contribution in [-0.4, -0.2) is 35.3 Å². The number of anilines is 1. The Morgan fingerprint density at radius 2 is 1.14 bits per heavy atom. The lowest BCUT2D eigenvalue weighted by molar-refractivity contribution is 0.411. The zero-order valence-electron chi connectivity index (χ0n) is 19.3. The quantitative estimate of drug-likeness (QED) is 0.532. The van der Waals surface area contributed by atoms with Crippen molar-refractivity contribution in [2.24, 2.45) is 0 Å².